The molecule has 0 aliphatic carbocycles. The van der Waals surface area contributed by atoms with Gasteiger partial charge in [-0.2, -0.15) is 0 Å². The maximum absolute atomic E-state index is 12.2. The highest BCUT2D eigenvalue weighted by Crippen LogP contribution is 2.21. The number of benzene rings is 2. The van der Waals surface area contributed by atoms with E-state index in [1.165, 1.54) is 0 Å². The fraction of sp³-hybridized carbons (Fsp3) is 0.333. The van der Waals surface area contributed by atoms with Gasteiger partial charge in [0.05, 0.1) is 6.04 Å². The molecule has 1 aliphatic heterocycles. The van der Waals surface area contributed by atoms with E-state index in [4.69, 9.17) is 10.5 Å². The SMILES string of the molecule is Cc1cccc(OCC(=O)Nc2cccc(CN3CCC[C@H]3C(N)=O)c2)c1. The lowest BCUT2D eigenvalue weighted by atomic mass is 10.1. The number of hydrogen-bond donors (Lipinski definition) is 2. The Labute approximate surface area is 159 Å². The Morgan fingerprint density at radius 3 is 2.81 bits per heavy atom. The number of carbonyl (C=O) groups is 2. The van der Waals surface area contributed by atoms with Crippen molar-refractivity contribution >= 4 is 17.5 Å². The molecule has 0 saturated carbocycles. The lowest BCUT2D eigenvalue weighted by Gasteiger charge is -2.22. The van der Waals surface area contributed by atoms with Gasteiger partial charge in [0.25, 0.3) is 5.91 Å². The topological polar surface area (TPSA) is 84.7 Å². The van der Waals surface area contributed by atoms with Crippen molar-refractivity contribution < 1.29 is 14.3 Å². The van der Waals surface area contributed by atoms with E-state index in [1.54, 1.807) is 0 Å². The van der Waals surface area contributed by atoms with Crippen LogP contribution in [0.5, 0.6) is 5.75 Å². The third-order valence-electron chi connectivity index (χ3n) is 4.65. The Morgan fingerprint density at radius 1 is 1.22 bits per heavy atom. The largest absolute Gasteiger partial charge is 0.484 e. The summed E-state index contributed by atoms with van der Waals surface area (Å²) in [6.45, 7) is 3.41. The molecule has 1 heterocycles. The Morgan fingerprint density at radius 2 is 2.04 bits per heavy atom. The van der Waals surface area contributed by atoms with Crippen LogP contribution in [0.15, 0.2) is 48.5 Å². The molecule has 142 valence electrons. The van der Waals surface area contributed by atoms with Crippen LogP contribution < -0.4 is 15.8 Å². The molecule has 1 aliphatic rings. The van der Waals surface area contributed by atoms with Crippen molar-refractivity contribution in [1.29, 1.82) is 0 Å². The summed E-state index contributed by atoms with van der Waals surface area (Å²) in [5, 5.41) is 2.85. The van der Waals surface area contributed by atoms with E-state index < -0.39 is 0 Å². The second-order valence-corrected chi connectivity index (χ2v) is 6.88. The lowest BCUT2D eigenvalue weighted by Crippen LogP contribution is -2.39. The summed E-state index contributed by atoms with van der Waals surface area (Å²) >= 11 is 0. The summed E-state index contributed by atoms with van der Waals surface area (Å²) in [6.07, 6.45) is 1.78. The molecule has 0 spiro atoms. The zero-order valence-corrected chi connectivity index (χ0v) is 15.5. The van der Waals surface area contributed by atoms with Crippen molar-refractivity contribution in [2.75, 3.05) is 18.5 Å². The van der Waals surface area contributed by atoms with Gasteiger partial charge in [-0.3, -0.25) is 14.5 Å². The summed E-state index contributed by atoms with van der Waals surface area (Å²) in [4.78, 5) is 25.8. The van der Waals surface area contributed by atoms with Crippen LogP contribution in [0.25, 0.3) is 0 Å². The van der Waals surface area contributed by atoms with E-state index in [-0.39, 0.29) is 24.5 Å². The van der Waals surface area contributed by atoms with E-state index in [9.17, 15) is 9.59 Å². The molecule has 0 aromatic heterocycles. The molecular formula is C21H25N3O3. The summed E-state index contributed by atoms with van der Waals surface area (Å²) < 4.78 is 5.53. The highest BCUT2D eigenvalue weighted by molar-refractivity contribution is 5.91. The van der Waals surface area contributed by atoms with Gasteiger partial charge < -0.3 is 15.8 Å². The van der Waals surface area contributed by atoms with Gasteiger partial charge in [-0.05, 0) is 61.7 Å². The van der Waals surface area contributed by atoms with Crippen LogP contribution in [0.1, 0.15) is 24.0 Å². The van der Waals surface area contributed by atoms with Crippen LogP contribution in [-0.4, -0.2) is 35.9 Å². The summed E-state index contributed by atoms with van der Waals surface area (Å²) in [6, 6.07) is 15.0. The summed E-state index contributed by atoms with van der Waals surface area (Å²) in [5.41, 5.74) is 8.29. The average molecular weight is 367 g/mol. The normalized spacial score (nSPS) is 16.9. The molecule has 2 aromatic rings. The number of amides is 2. The number of primary amides is 1. The second-order valence-electron chi connectivity index (χ2n) is 6.88. The van der Waals surface area contributed by atoms with Crippen LogP contribution in [-0.2, 0) is 16.1 Å². The van der Waals surface area contributed by atoms with Crippen LogP contribution in [0.3, 0.4) is 0 Å². The van der Waals surface area contributed by atoms with Crippen molar-refractivity contribution in [3.8, 4) is 5.75 Å². The Bertz CT molecular complexity index is 822. The number of nitrogens with one attached hydrogen (secondary N) is 1. The molecule has 27 heavy (non-hydrogen) atoms. The molecule has 1 saturated heterocycles. The Hall–Kier alpha value is -2.86. The van der Waals surface area contributed by atoms with Gasteiger partial charge in [-0.25, -0.2) is 0 Å². The minimum Gasteiger partial charge on any atom is -0.484 e. The second kappa shape index (κ2) is 8.68. The summed E-state index contributed by atoms with van der Waals surface area (Å²) in [7, 11) is 0. The molecule has 1 fully saturated rings. The minimum atomic E-state index is -0.273. The van der Waals surface area contributed by atoms with E-state index in [2.05, 4.69) is 10.2 Å². The zero-order chi connectivity index (χ0) is 19.2. The first-order chi connectivity index (χ1) is 13.0. The molecular weight excluding hydrogens is 342 g/mol. The van der Waals surface area contributed by atoms with Crippen molar-refractivity contribution in [1.82, 2.24) is 4.90 Å². The van der Waals surface area contributed by atoms with Gasteiger partial charge in [0.15, 0.2) is 6.61 Å². The van der Waals surface area contributed by atoms with Gasteiger partial charge in [0.2, 0.25) is 5.91 Å². The average Bonchev–Trinajstić information content (AvgIpc) is 3.09. The van der Waals surface area contributed by atoms with Crippen molar-refractivity contribution in [2.24, 2.45) is 5.73 Å². The number of carbonyl (C=O) groups excluding carboxylic acids is 2. The molecule has 3 rings (SSSR count). The number of likely N-dealkylation sites (tertiary alicyclic amines) is 1. The molecule has 6 heteroatoms. The zero-order valence-electron chi connectivity index (χ0n) is 15.5. The number of nitrogens with zero attached hydrogens (tertiary/aromatic N) is 1. The first-order valence-corrected chi connectivity index (χ1v) is 9.13. The van der Waals surface area contributed by atoms with Crippen molar-refractivity contribution in [2.45, 2.75) is 32.4 Å². The van der Waals surface area contributed by atoms with E-state index in [1.807, 2.05) is 55.5 Å². The van der Waals surface area contributed by atoms with Crippen molar-refractivity contribution in [3.63, 3.8) is 0 Å². The monoisotopic (exact) mass is 367 g/mol. The van der Waals surface area contributed by atoms with Gasteiger partial charge >= 0.3 is 0 Å². The third-order valence-corrected chi connectivity index (χ3v) is 4.65. The quantitative estimate of drug-likeness (QED) is 0.787. The van der Waals surface area contributed by atoms with E-state index in [0.717, 1.165) is 30.5 Å². The molecule has 0 bridgehead atoms. The molecule has 1 atom stereocenters. The standard InChI is InChI=1S/C21H25N3O3/c1-15-5-2-8-18(11-15)27-14-20(25)23-17-7-3-6-16(12-17)13-24-10-4-9-19(24)21(22)26/h2-3,5-8,11-12,19H,4,9-10,13-14H2,1H3,(H2,22,26)(H,23,25)/t19-/m0/s1. The molecule has 2 amide bonds. The highest BCUT2D eigenvalue weighted by atomic mass is 16.5. The Kier molecular flexibility index (Phi) is 6.08. The number of anilines is 1. The van der Waals surface area contributed by atoms with Crippen LogP contribution in [0.4, 0.5) is 5.69 Å². The lowest BCUT2D eigenvalue weighted by molar-refractivity contribution is -0.122. The molecule has 6 nitrogen and oxygen atoms in total. The predicted octanol–water partition coefficient (Wildman–Crippen LogP) is 2.46. The molecule has 0 unspecified atom stereocenters. The minimum absolute atomic E-state index is 0.0520. The van der Waals surface area contributed by atoms with Gasteiger partial charge in [0, 0.05) is 12.2 Å². The molecule has 3 N–H and O–H groups in total. The predicted molar refractivity (Wildman–Crippen MR) is 104 cm³/mol. The number of hydrogen-bond acceptors (Lipinski definition) is 4. The first kappa shape index (κ1) is 18.9. The van der Waals surface area contributed by atoms with E-state index in [0.29, 0.717) is 18.0 Å². The van der Waals surface area contributed by atoms with Gasteiger partial charge in [-0.15, -0.1) is 0 Å². The fourth-order valence-electron chi connectivity index (χ4n) is 3.37. The molecule has 2 aromatic carbocycles. The Balaban J connectivity index is 1.55. The maximum Gasteiger partial charge on any atom is 0.262 e. The fourth-order valence-corrected chi connectivity index (χ4v) is 3.37. The van der Waals surface area contributed by atoms with Crippen LogP contribution >= 0.6 is 0 Å². The smallest absolute Gasteiger partial charge is 0.262 e. The number of rotatable bonds is 7. The van der Waals surface area contributed by atoms with Gasteiger partial charge in [0.1, 0.15) is 5.75 Å². The van der Waals surface area contributed by atoms with Crippen LogP contribution in [0.2, 0.25) is 0 Å². The maximum atomic E-state index is 12.2. The number of ether oxygens (including phenoxy) is 1. The summed E-state index contributed by atoms with van der Waals surface area (Å²) in [5.74, 6) is 0.181. The number of nitrogens with two attached hydrogens (primary N) is 1. The number of aryl methyl sites for hydroxylation is 1. The van der Waals surface area contributed by atoms with Crippen molar-refractivity contribution in [3.05, 3.63) is 59.7 Å². The van der Waals surface area contributed by atoms with E-state index >= 15 is 0 Å². The molecule has 0 radical (unpaired) electrons. The first-order valence-electron chi connectivity index (χ1n) is 9.13. The van der Waals surface area contributed by atoms with Crippen LogP contribution in [0, 0.1) is 6.92 Å². The third kappa shape index (κ3) is 5.31. The highest BCUT2D eigenvalue weighted by Gasteiger charge is 2.28. The van der Waals surface area contributed by atoms with Gasteiger partial charge in [-0.1, -0.05) is 24.3 Å².